The third-order valence-corrected chi connectivity index (χ3v) is 3.49. The lowest BCUT2D eigenvalue weighted by Crippen LogP contribution is -2.18. The van der Waals surface area contributed by atoms with Crippen LogP contribution >= 0.6 is 15.9 Å². The van der Waals surface area contributed by atoms with Gasteiger partial charge in [0.25, 0.3) is 5.69 Å². The normalized spacial score (nSPS) is 10.8. The van der Waals surface area contributed by atoms with Crippen LogP contribution in [-0.2, 0) is 13.1 Å². The van der Waals surface area contributed by atoms with Gasteiger partial charge in [-0.3, -0.25) is 20.0 Å². The molecular formula is C14H14BrN3O2. The molecule has 6 heteroatoms. The van der Waals surface area contributed by atoms with Gasteiger partial charge >= 0.3 is 0 Å². The van der Waals surface area contributed by atoms with Gasteiger partial charge in [0, 0.05) is 25.4 Å². The molecule has 0 aliphatic carbocycles. The molecule has 0 fully saturated rings. The third-order valence-electron chi connectivity index (χ3n) is 2.82. The zero-order chi connectivity index (χ0) is 14.5. The molecule has 1 aromatic carbocycles. The summed E-state index contributed by atoms with van der Waals surface area (Å²) in [5, 5.41) is 10.9. The summed E-state index contributed by atoms with van der Waals surface area (Å²) in [5.74, 6) is 0. The van der Waals surface area contributed by atoms with Gasteiger partial charge in [0.2, 0.25) is 0 Å². The van der Waals surface area contributed by atoms with Gasteiger partial charge in [-0.15, -0.1) is 0 Å². The number of aromatic nitrogens is 1. The first-order valence-electron chi connectivity index (χ1n) is 6.07. The lowest BCUT2D eigenvalue weighted by atomic mass is 10.2. The zero-order valence-electron chi connectivity index (χ0n) is 11.0. The summed E-state index contributed by atoms with van der Waals surface area (Å²) in [6, 6.07) is 11.0. The Kier molecular flexibility index (Phi) is 4.81. The number of rotatable bonds is 5. The quantitative estimate of drug-likeness (QED) is 0.620. The van der Waals surface area contributed by atoms with Gasteiger partial charge < -0.3 is 0 Å². The first-order valence-corrected chi connectivity index (χ1v) is 6.87. The summed E-state index contributed by atoms with van der Waals surface area (Å²) in [7, 11) is 1.96. The second kappa shape index (κ2) is 6.58. The third kappa shape index (κ3) is 3.85. The molecule has 0 N–H and O–H groups in total. The van der Waals surface area contributed by atoms with Crippen molar-refractivity contribution in [2.75, 3.05) is 7.05 Å². The molecule has 1 aromatic heterocycles. The highest BCUT2D eigenvalue weighted by Gasteiger charge is 2.13. The average Bonchev–Trinajstić information content (AvgIpc) is 2.41. The molecule has 0 atom stereocenters. The van der Waals surface area contributed by atoms with E-state index in [0.717, 1.165) is 11.3 Å². The molecule has 20 heavy (non-hydrogen) atoms. The first kappa shape index (κ1) is 14.6. The van der Waals surface area contributed by atoms with E-state index in [0.29, 0.717) is 17.6 Å². The lowest BCUT2D eigenvalue weighted by Gasteiger charge is -2.16. The number of halogens is 1. The lowest BCUT2D eigenvalue weighted by molar-refractivity contribution is -0.385. The van der Waals surface area contributed by atoms with Crippen molar-refractivity contribution in [2.24, 2.45) is 0 Å². The fourth-order valence-corrected chi connectivity index (χ4v) is 2.32. The van der Waals surface area contributed by atoms with Gasteiger partial charge in [-0.05, 0) is 46.7 Å². The van der Waals surface area contributed by atoms with Crippen LogP contribution in [0, 0.1) is 10.1 Å². The van der Waals surface area contributed by atoms with E-state index in [4.69, 9.17) is 0 Å². The zero-order valence-corrected chi connectivity index (χ0v) is 12.6. The first-order chi connectivity index (χ1) is 9.56. The van der Waals surface area contributed by atoms with E-state index in [1.165, 1.54) is 0 Å². The topological polar surface area (TPSA) is 59.3 Å². The molecule has 0 saturated carbocycles. The molecule has 0 bridgehead atoms. The maximum atomic E-state index is 10.9. The molecule has 0 aliphatic rings. The van der Waals surface area contributed by atoms with Gasteiger partial charge in [0.05, 0.1) is 15.1 Å². The number of nitro groups is 1. The molecule has 104 valence electrons. The molecule has 1 heterocycles. The minimum atomic E-state index is -0.383. The van der Waals surface area contributed by atoms with Crippen LogP contribution < -0.4 is 0 Å². The van der Waals surface area contributed by atoms with Crippen molar-refractivity contribution in [3.8, 4) is 0 Å². The Morgan fingerprint density at radius 1 is 1.30 bits per heavy atom. The van der Waals surface area contributed by atoms with E-state index in [2.05, 4.69) is 25.8 Å². The van der Waals surface area contributed by atoms with E-state index < -0.39 is 0 Å². The number of hydrogen-bond acceptors (Lipinski definition) is 4. The van der Waals surface area contributed by atoms with E-state index >= 15 is 0 Å². The van der Waals surface area contributed by atoms with Crippen LogP contribution in [0.15, 0.2) is 47.1 Å². The summed E-state index contributed by atoms with van der Waals surface area (Å²) < 4.78 is 0.499. The average molecular weight is 336 g/mol. The molecular weight excluding hydrogens is 322 g/mol. The Balaban J connectivity index is 2.06. The minimum Gasteiger partial charge on any atom is -0.296 e. The molecule has 5 nitrogen and oxygen atoms in total. The number of benzene rings is 1. The summed E-state index contributed by atoms with van der Waals surface area (Å²) in [5.41, 5.74) is 1.97. The highest BCUT2D eigenvalue weighted by atomic mass is 79.9. The van der Waals surface area contributed by atoms with E-state index in [1.54, 1.807) is 18.3 Å². The van der Waals surface area contributed by atoms with Crippen molar-refractivity contribution in [2.45, 2.75) is 13.1 Å². The summed E-state index contributed by atoms with van der Waals surface area (Å²) in [4.78, 5) is 16.8. The predicted molar refractivity (Wildman–Crippen MR) is 80.2 cm³/mol. The maximum Gasteiger partial charge on any atom is 0.283 e. The Hall–Kier alpha value is -1.79. The highest BCUT2D eigenvalue weighted by molar-refractivity contribution is 9.10. The van der Waals surface area contributed by atoms with Crippen molar-refractivity contribution in [3.05, 3.63) is 68.4 Å². The van der Waals surface area contributed by atoms with Crippen LogP contribution in [0.1, 0.15) is 11.3 Å². The smallest absolute Gasteiger partial charge is 0.283 e. The standard InChI is InChI=1S/C14H14BrN3O2/c1-17(10-12-4-2-3-7-16-12)9-11-5-6-13(15)14(8-11)18(19)20/h2-8H,9-10H2,1H3. The van der Waals surface area contributed by atoms with E-state index in [1.807, 2.05) is 31.3 Å². The second-order valence-electron chi connectivity index (χ2n) is 4.54. The Labute approximate surface area is 125 Å². The predicted octanol–water partition coefficient (Wildman–Crippen LogP) is 3.38. The SMILES string of the molecule is CN(Cc1ccc(Br)c([N+](=O)[O-])c1)Cc1ccccn1. The summed E-state index contributed by atoms with van der Waals surface area (Å²) in [6.07, 6.45) is 1.76. The molecule has 0 unspecified atom stereocenters. The maximum absolute atomic E-state index is 10.9. The van der Waals surface area contributed by atoms with Crippen molar-refractivity contribution in [3.63, 3.8) is 0 Å². The Bertz CT molecular complexity index is 605. The minimum absolute atomic E-state index is 0.0914. The van der Waals surface area contributed by atoms with Crippen molar-refractivity contribution in [1.82, 2.24) is 9.88 Å². The molecule has 0 amide bonds. The van der Waals surface area contributed by atoms with Crippen LogP contribution in [0.5, 0.6) is 0 Å². The van der Waals surface area contributed by atoms with Crippen LogP contribution in [0.4, 0.5) is 5.69 Å². The monoisotopic (exact) mass is 335 g/mol. The van der Waals surface area contributed by atoms with Crippen LogP contribution in [0.25, 0.3) is 0 Å². The fourth-order valence-electron chi connectivity index (χ4n) is 1.93. The van der Waals surface area contributed by atoms with Gasteiger partial charge in [-0.2, -0.15) is 0 Å². The van der Waals surface area contributed by atoms with Crippen molar-refractivity contribution < 1.29 is 4.92 Å². The Morgan fingerprint density at radius 2 is 2.10 bits per heavy atom. The summed E-state index contributed by atoms with van der Waals surface area (Å²) >= 11 is 3.19. The second-order valence-corrected chi connectivity index (χ2v) is 5.39. The van der Waals surface area contributed by atoms with E-state index in [9.17, 15) is 10.1 Å². The number of nitro benzene ring substituents is 1. The van der Waals surface area contributed by atoms with Crippen LogP contribution in [0.2, 0.25) is 0 Å². The van der Waals surface area contributed by atoms with Crippen molar-refractivity contribution >= 4 is 21.6 Å². The molecule has 0 aliphatic heterocycles. The van der Waals surface area contributed by atoms with Crippen LogP contribution in [0.3, 0.4) is 0 Å². The number of hydrogen-bond donors (Lipinski definition) is 0. The van der Waals surface area contributed by atoms with Gasteiger partial charge in [0.15, 0.2) is 0 Å². The molecule has 2 rings (SSSR count). The number of nitrogens with zero attached hydrogens (tertiary/aromatic N) is 3. The van der Waals surface area contributed by atoms with Gasteiger partial charge in [0.1, 0.15) is 0 Å². The van der Waals surface area contributed by atoms with Crippen molar-refractivity contribution in [1.29, 1.82) is 0 Å². The molecule has 0 spiro atoms. The van der Waals surface area contributed by atoms with E-state index in [-0.39, 0.29) is 10.6 Å². The number of pyridine rings is 1. The van der Waals surface area contributed by atoms with Gasteiger partial charge in [-0.25, -0.2) is 0 Å². The molecule has 0 saturated heterocycles. The molecule has 0 radical (unpaired) electrons. The largest absolute Gasteiger partial charge is 0.296 e. The highest BCUT2D eigenvalue weighted by Crippen LogP contribution is 2.26. The summed E-state index contributed by atoms with van der Waals surface area (Å²) in [6.45, 7) is 1.33. The fraction of sp³-hybridized carbons (Fsp3) is 0.214. The van der Waals surface area contributed by atoms with Crippen LogP contribution in [-0.4, -0.2) is 21.9 Å². The van der Waals surface area contributed by atoms with Gasteiger partial charge in [-0.1, -0.05) is 12.1 Å². The molecule has 2 aromatic rings. The Morgan fingerprint density at radius 3 is 2.75 bits per heavy atom.